The first-order valence-electron chi connectivity index (χ1n) is 6.47. The van der Waals surface area contributed by atoms with Gasteiger partial charge in [-0.3, -0.25) is 0 Å². The first-order valence-corrected chi connectivity index (χ1v) is 7.26. The maximum Gasteiger partial charge on any atom is 0.185 e. The minimum atomic E-state index is -0.358. The highest BCUT2D eigenvalue weighted by atomic mass is 79.9. The Kier molecular flexibility index (Phi) is 4.20. The van der Waals surface area contributed by atoms with Crippen LogP contribution in [0.3, 0.4) is 0 Å². The second-order valence-corrected chi connectivity index (χ2v) is 5.35. The van der Waals surface area contributed by atoms with Crippen LogP contribution in [-0.4, -0.2) is 13.2 Å². The van der Waals surface area contributed by atoms with Gasteiger partial charge in [0.05, 0.1) is 24.8 Å². The smallest absolute Gasteiger partial charge is 0.185 e. The van der Waals surface area contributed by atoms with Crippen molar-refractivity contribution < 1.29 is 14.2 Å². The molecule has 106 valence electrons. The lowest BCUT2D eigenvalue weighted by Crippen LogP contribution is -1.99. The van der Waals surface area contributed by atoms with E-state index >= 15 is 0 Å². The Hall–Kier alpha value is -1.87. The second-order valence-electron chi connectivity index (χ2n) is 4.50. The summed E-state index contributed by atoms with van der Waals surface area (Å²) in [7, 11) is 0. The highest BCUT2D eigenvalue weighted by molar-refractivity contribution is 9.10. The summed E-state index contributed by atoms with van der Waals surface area (Å²) in [5, 5.41) is 8.78. The second kappa shape index (κ2) is 6.27. The summed E-state index contributed by atoms with van der Waals surface area (Å²) in [5.41, 5.74) is 1.50. The SMILES string of the molecule is N#Cc1ccc(Oc2ccc(Br)c(C3OCCO3)c2)cc1. The van der Waals surface area contributed by atoms with E-state index in [9.17, 15) is 0 Å². The first kappa shape index (κ1) is 14.1. The molecule has 2 aromatic rings. The number of rotatable bonds is 3. The molecule has 1 heterocycles. The molecule has 0 amide bonds. The van der Waals surface area contributed by atoms with Crippen molar-refractivity contribution in [3.63, 3.8) is 0 Å². The molecule has 5 heteroatoms. The molecular formula is C16H12BrNO3. The number of ether oxygens (including phenoxy) is 3. The molecule has 2 aromatic carbocycles. The lowest BCUT2D eigenvalue weighted by atomic mass is 10.2. The molecule has 3 rings (SSSR count). The third kappa shape index (κ3) is 3.24. The van der Waals surface area contributed by atoms with Crippen LogP contribution in [0.2, 0.25) is 0 Å². The van der Waals surface area contributed by atoms with Gasteiger partial charge in [0, 0.05) is 10.0 Å². The van der Waals surface area contributed by atoms with E-state index in [0.717, 1.165) is 10.0 Å². The fourth-order valence-electron chi connectivity index (χ4n) is 2.04. The van der Waals surface area contributed by atoms with Gasteiger partial charge >= 0.3 is 0 Å². The molecule has 1 fully saturated rings. The molecule has 0 spiro atoms. The molecule has 0 unspecified atom stereocenters. The third-order valence-electron chi connectivity index (χ3n) is 3.06. The largest absolute Gasteiger partial charge is 0.457 e. The molecule has 1 aliphatic rings. The molecule has 0 saturated carbocycles. The first-order chi connectivity index (χ1) is 10.3. The van der Waals surface area contributed by atoms with E-state index in [2.05, 4.69) is 22.0 Å². The van der Waals surface area contributed by atoms with Crippen LogP contribution in [0, 0.1) is 11.3 Å². The van der Waals surface area contributed by atoms with Crippen molar-refractivity contribution in [2.45, 2.75) is 6.29 Å². The van der Waals surface area contributed by atoms with E-state index in [1.165, 1.54) is 0 Å². The van der Waals surface area contributed by atoms with E-state index in [4.69, 9.17) is 19.5 Å². The average molecular weight is 346 g/mol. The Labute approximate surface area is 131 Å². The van der Waals surface area contributed by atoms with Gasteiger partial charge in [0.25, 0.3) is 0 Å². The van der Waals surface area contributed by atoms with Crippen LogP contribution < -0.4 is 4.74 Å². The summed E-state index contributed by atoms with van der Waals surface area (Å²) in [6.45, 7) is 1.19. The highest BCUT2D eigenvalue weighted by Gasteiger charge is 2.21. The Morgan fingerprint density at radius 2 is 1.71 bits per heavy atom. The summed E-state index contributed by atoms with van der Waals surface area (Å²) in [4.78, 5) is 0. The summed E-state index contributed by atoms with van der Waals surface area (Å²) in [6, 6.07) is 14.7. The van der Waals surface area contributed by atoms with Crippen molar-refractivity contribution >= 4 is 15.9 Å². The summed E-state index contributed by atoms with van der Waals surface area (Å²) >= 11 is 3.49. The van der Waals surface area contributed by atoms with Gasteiger partial charge in [-0.25, -0.2) is 0 Å². The fraction of sp³-hybridized carbons (Fsp3) is 0.188. The average Bonchev–Trinajstić information content (AvgIpc) is 3.04. The molecule has 4 nitrogen and oxygen atoms in total. The van der Waals surface area contributed by atoms with Gasteiger partial charge in [0.1, 0.15) is 11.5 Å². The van der Waals surface area contributed by atoms with Crippen molar-refractivity contribution in [3.05, 3.63) is 58.1 Å². The highest BCUT2D eigenvalue weighted by Crippen LogP contribution is 2.34. The molecule has 0 atom stereocenters. The number of nitrogens with zero attached hydrogens (tertiary/aromatic N) is 1. The van der Waals surface area contributed by atoms with Gasteiger partial charge in [0.2, 0.25) is 0 Å². The molecule has 0 N–H and O–H groups in total. The minimum absolute atomic E-state index is 0.358. The van der Waals surface area contributed by atoms with Crippen LogP contribution in [0.1, 0.15) is 17.4 Å². The van der Waals surface area contributed by atoms with Crippen molar-refractivity contribution in [1.82, 2.24) is 0 Å². The van der Waals surface area contributed by atoms with Gasteiger partial charge in [0.15, 0.2) is 6.29 Å². The molecule has 0 bridgehead atoms. The Bertz CT molecular complexity index is 673. The van der Waals surface area contributed by atoms with Gasteiger partial charge in [-0.15, -0.1) is 0 Å². The number of nitriles is 1. The van der Waals surface area contributed by atoms with Crippen molar-refractivity contribution in [1.29, 1.82) is 5.26 Å². The van der Waals surface area contributed by atoms with Crippen LogP contribution >= 0.6 is 15.9 Å². The van der Waals surface area contributed by atoms with Crippen LogP contribution in [-0.2, 0) is 9.47 Å². The molecule has 1 saturated heterocycles. The maximum atomic E-state index is 8.78. The number of hydrogen-bond acceptors (Lipinski definition) is 4. The van der Waals surface area contributed by atoms with Gasteiger partial charge in [-0.2, -0.15) is 5.26 Å². The maximum absolute atomic E-state index is 8.78. The lowest BCUT2D eigenvalue weighted by molar-refractivity contribution is -0.0447. The number of halogens is 1. The predicted molar refractivity (Wildman–Crippen MR) is 80.0 cm³/mol. The normalized spacial score (nSPS) is 14.9. The zero-order valence-corrected chi connectivity index (χ0v) is 12.7. The van der Waals surface area contributed by atoms with Gasteiger partial charge in [-0.05, 0) is 42.5 Å². The zero-order chi connectivity index (χ0) is 14.7. The Balaban J connectivity index is 1.81. The molecule has 21 heavy (non-hydrogen) atoms. The third-order valence-corrected chi connectivity index (χ3v) is 3.78. The van der Waals surface area contributed by atoms with Gasteiger partial charge < -0.3 is 14.2 Å². The minimum Gasteiger partial charge on any atom is -0.457 e. The van der Waals surface area contributed by atoms with Crippen LogP contribution in [0.5, 0.6) is 11.5 Å². The van der Waals surface area contributed by atoms with Crippen LogP contribution in [0.25, 0.3) is 0 Å². The Morgan fingerprint density at radius 3 is 2.38 bits per heavy atom. The van der Waals surface area contributed by atoms with Crippen LogP contribution in [0.15, 0.2) is 46.9 Å². The topological polar surface area (TPSA) is 51.5 Å². The number of benzene rings is 2. The molecular weight excluding hydrogens is 334 g/mol. The monoisotopic (exact) mass is 345 g/mol. The summed E-state index contributed by atoms with van der Waals surface area (Å²) in [6.07, 6.45) is -0.358. The fourth-order valence-corrected chi connectivity index (χ4v) is 2.47. The van der Waals surface area contributed by atoms with E-state index in [1.807, 2.05) is 18.2 Å². The Morgan fingerprint density at radius 1 is 1.05 bits per heavy atom. The standard InChI is InChI=1S/C16H12BrNO3/c17-15-6-5-13(9-14(15)16-19-7-8-20-16)21-12-3-1-11(10-18)2-4-12/h1-6,9,16H,7-8H2. The quantitative estimate of drug-likeness (QED) is 0.838. The summed E-state index contributed by atoms with van der Waals surface area (Å²) in [5.74, 6) is 1.37. The molecule has 0 aliphatic carbocycles. The molecule has 0 radical (unpaired) electrons. The van der Waals surface area contributed by atoms with E-state index in [0.29, 0.717) is 30.3 Å². The molecule has 1 aliphatic heterocycles. The lowest BCUT2D eigenvalue weighted by Gasteiger charge is -2.13. The van der Waals surface area contributed by atoms with E-state index in [-0.39, 0.29) is 6.29 Å². The summed E-state index contributed by atoms with van der Waals surface area (Å²) < 4.78 is 17.7. The van der Waals surface area contributed by atoms with E-state index in [1.54, 1.807) is 24.3 Å². The predicted octanol–water partition coefficient (Wildman–Crippen LogP) is 4.16. The van der Waals surface area contributed by atoms with Gasteiger partial charge in [-0.1, -0.05) is 15.9 Å². The van der Waals surface area contributed by atoms with Crippen molar-refractivity contribution in [2.24, 2.45) is 0 Å². The number of hydrogen-bond donors (Lipinski definition) is 0. The van der Waals surface area contributed by atoms with E-state index < -0.39 is 0 Å². The molecule has 0 aromatic heterocycles. The van der Waals surface area contributed by atoms with Crippen molar-refractivity contribution in [2.75, 3.05) is 13.2 Å². The van der Waals surface area contributed by atoms with Crippen molar-refractivity contribution in [3.8, 4) is 17.6 Å². The zero-order valence-electron chi connectivity index (χ0n) is 11.1. The van der Waals surface area contributed by atoms with Crippen LogP contribution in [0.4, 0.5) is 0 Å².